The number of hydrogen-bond acceptors (Lipinski definition) is 6. The van der Waals surface area contributed by atoms with Crippen molar-refractivity contribution in [3.05, 3.63) is 87.7 Å². The number of aryl methyl sites for hydroxylation is 4. The van der Waals surface area contributed by atoms with E-state index in [1.54, 1.807) is 46.1 Å². The number of amides is 2. The molecule has 1 aromatic heterocycles. The van der Waals surface area contributed by atoms with Crippen molar-refractivity contribution >= 4 is 17.8 Å². The Morgan fingerprint density at radius 1 is 1.02 bits per heavy atom. The van der Waals surface area contributed by atoms with Gasteiger partial charge in [0.2, 0.25) is 5.91 Å². The second-order valence-corrected chi connectivity index (χ2v) is 14.5. The average Bonchev–Trinajstić information content (AvgIpc) is 2.99. The summed E-state index contributed by atoms with van der Waals surface area (Å²) in [6.07, 6.45) is 1.37. The topological polar surface area (TPSA) is 121 Å². The first-order valence-corrected chi connectivity index (χ1v) is 17.1. The number of hydrogen-bond donors (Lipinski definition) is 3. The number of pyridine rings is 1. The van der Waals surface area contributed by atoms with Crippen molar-refractivity contribution in [1.82, 2.24) is 20.5 Å². The molecule has 1 aliphatic rings. The van der Waals surface area contributed by atoms with Crippen molar-refractivity contribution < 1.29 is 33.0 Å². The molecule has 4 rings (SSSR count). The first kappa shape index (κ1) is 38.6. The molecular formula is C39H50F2N4O5. The zero-order valence-electron chi connectivity index (χ0n) is 30.3. The third-order valence-corrected chi connectivity index (χ3v) is 9.54. The summed E-state index contributed by atoms with van der Waals surface area (Å²) in [6, 6.07) is 8.82. The molecule has 2 amide bonds. The summed E-state index contributed by atoms with van der Waals surface area (Å²) in [5.41, 5.74) is 3.61. The van der Waals surface area contributed by atoms with E-state index in [1.165, 1.54) is 18.2 Å². The van der Waals surface area contributed by atoms with Gasteiger partial charge in [-0.15, -0.1) is 0 Å². The lowest BCUT2D eigenvalue weighted by Crippen LogP contribution is -2.60. The fraction of sp³-hybridized carbons (Fsp3) is 0.487. The minimum atomic E-state index is -1.25. The van der Waals surface area contributed by atoms with Crippen molar-refractivity contribution in [2.75, 3.05) is 20.2 Å². The molecule has 270 valence electrons. The smallest absolute Gasteiger partial charge is 0.305 e. The number of likely N-dealkylation sites (tertiary alicyclic amines) is 1. The summed E-state index contributed by atoms with van der Waals surface area (Å²) in [4.78, 5) is 46.3. The molecule has 1 aliphatic heterocycles. The van der Waals surface area contributed by atoms with E-state index >= 15 is 4.39 Å². The average molecular weight is 693 g/mol. The lowest BCUT2D eigenvalue weighted by molar-refractivity contribution is -0.137. The fourth-order valence-electron chi connectivity index (χ4n) is 6.60. The molecule has 2 atom stereocenters. The Kier molecular flexibility index (Phi) is 12.5. The van der Waals surface area contributed by atoms with Crippen molar-refractivity contribution in [2.45, 2.75) is 97.9 Å². The van der Waals surface area contributed by atoms with Crippen LogP contribution in [0.25, 0.3) is 11.1 Å². The van der Waals surface area contributed by atoms with Crippen LogP contribution in [0.2, 0.25) is 0 Å². The van der Waals surface area contributed by atoms with Crippen LogP contribution >= 0.6 is 0 Å². The molecule has 0 radical (unpaired) electrons. The summed E-state index contributed by atoms with van der Waals surface area (Å²) < 4.78 is 35.2. The van der Waals surface area contributed by atoms with Gasteiger partial charge >= 0.3 is 5.97 Å². The molecule has 0 unspecified atom stereocenters. The Hall–Kier alpha value is -4.22. The van der Waals surface area contributed by atoms with Gasteiger partial charge in [0.25, 0.3) is 5.91 Å². The number of nitrogens with one attached hydrogen (secondary N) is 2. The van der Waals surface area contributed by atoms with Gasteiger partial charge in [0.15, 0.2) is 0 Å². The Labute approximate surface area is 293 Å². The highest BCUT2D eigenvalue weighted by atomic mass is 19.1. The molecule has 11 heteroatoms. The minimum absolute atomic E-state index is 0.0123. The van der Waals surface area contributed by atoms with Gasteiger partial charge in [-0.1, -0.05) is 19.9 Å². The van der Waals surface area contributed by atoms with Crippen molar-refractivity contribution in [1.29, 1.82) is 0 Å². The van der Waals surface area contributed by atoms with Crippen LogP contribution in [-0.2, 0) is 20.7 Å². The molecule has 0 spiro atoms. The Bertz CT molecular complexity index is 1700. The highest BCUT2D eigenvalue weighted by Gasteiger charge is 2.37. The van der Waals surface area contributed by atoms with Crippen molar-refractivity contribution in [2.24, 2.45) is 5.92 Å². The van der Waals surface area contributed by atoms with Gasteiger partial charge in [-0.25, -0.2) is 13.8 Å². The number of carboxylic acid groups (broad SMARTS) is 1. The molecule has 1 saturated heterocycles. The number of nitrogens with zero attached hydrogens (tertiary/aromatic N) is 2. The Morgan fingerprint density at radius 2 is 1.68 bits per heavy atom. The quantitative estimate of drug-likeness (QED) is 0.167. The largest absolute Gasteiger partial charge is 0.481 e. The van der Waals surface area contributed by atoms with Crippen LogP contribution in [-0.4, -0.2) is 70.7 Å². The zero-order chi connectivity index (χ0) is 36.9. The van der Waals surface area contributed by atoms with Gasteiger partial charge in [0.05, 0.1) is 18.6 Å². The van der Waals surface area contributed by atoms with Gasteiger partial charge in [-0.3, -0.25) is 19.3 Å². The Balaban J connectivity index is 1.55. The van der Waals surface area contributed by atoms with Crippen LogP contribution < -0.4 is 10.6 Å². The molecular weight excluding hydrogens is 642 g/mol. The summed E-state index contributed by atoms with van der Waals surface area (Å²) in [7, 11) is 1.72. The predicted molar refractivity (Wildman–Crippen MR) is 189 cm³/mol. The summed E-state index contributed by atoms with van der Waals surface area (Å²) in [5, 5.41) is 15.3. The molecule has 3 aromatic rings. The highest BCUT2D eigenvalue weighted by Crippen LogP contribution is 2.34. The van der Waals surface area contributed by atoms with Gasteiger partial charge in [-0.2, -0.15) is 0 Å². The van der Waals surface area contributed by atoms with E-state index in [9.17, 15) is 23.9 Å². The molecule has 2 aromatic carbocycles. The number of aromatic nitrogens is 1. The first-order chi connectivity index (χ1) is 23.5. The number of aliphatic carboxylic acids is 1. The van der Waals surface area contributed by atoms with Crippen LogP contribution in [0.5, 0.6) is 0 Å². The maximum Gasteiger partial charge on any atom is 0.305 e. The number of benzene rings is 2. The molecule has 9 nitrogen and oxygen atoms in total. The normalized spacial score (nSPS) is 15.0. The van der Waals surface area contributed by atoms with E-state index in [-0.39, 0.29) is 40.8 Å². The third kappa shape index (κ3) is 9.51. The minimum Gasteiger partial charge on any atom is -0.481 e. The SMILES string of the molecule is COC1CN(C(C)(C)CCc2cccc(C(=O)N[C@@H](CC(C)C)C(=O)N[C@@H](CC(=O)O)c3cc(-c4c(C)cc(F)cc4C)cc(C)c3F)n2)C1. The predicted octanol–water partition coefficient (Wildman–Crippen LogP) is 6.47. The highest BCUT2D eigenvalue weighted by molar-refractivity contribution is 5.96. The number of carboxylic acids is 1. The van der Waals surface area contributed by atoms with E-state index in [1.807, 2.05) is 19.9 Å². The van der Waals surface area contributed by atoms with E-state index in [0.717, 1.165) is 25.2 Å². The lowest BCUT2D eigenvalue weighted by atomic mass is 9.90. The van der Waals surface area contributed by atoms with Crippen LogP contribution in [0.1, 0.15) is 91.4 Å². The monoisotopic (exact) mass is 692 g/mol. The zero-order valence-corrected chi connectivity index (χ0v) is 30.3. The van der Waals surface area contributed by atoms with E-state index in [2.05, 4.69) is 34.4 Å². The van der Waals surface area contributed by atoms with Crippen LogP contribution in [0, 0.1) is 38.3 Å². The van der Waals surface area contributed by atoms with Gasteiger partial charge in [0, 0.05) is 37.0 Å². The molecule has 3 N–H and O–H groups in total. The first-order valence-electron chi connectivity index (χ1n) is 17.1. The van der Waals surface area contributed by atoms with Gasteiger partial charge in [-0.05, 0) is 124 Å². The number of halogens is 2. The fourth-order valence-corrected chi connectivity index (χ4v) is 6.60. The molecule has 50 heavy (non-hydrogen) atoms. The second-order valence-electron chi connectivity index (χ2n) is 14.5. The van der Waals surface area contributed by atoms with Crippen LogP contribution in [0.3, 0.4) is 0 Å². The molecule has 0 bridgehead atoms. The van der Waals surface area contributed by atoms with Crippen LogP contribution in [0.4, 0.5) is 8.78 Å². The standard InChI is InChI=1S/C39H50F2N4O5/c1-22(2)14-33(44-37(48)31-11-9-10-28(42-31)12-13-39(6,7)45-20-29(21-45)50-8)38(49)43-32(19-34(46)47)30-18-26(15-25(5)36(30)41)35-23(3)16-27(40)17-24(35)4/h9-11,15-18,22,29,32-33H,12-14,19-21H2,1-8H3,(H,43,49)(H,44,48)(H,46,47)/t32-,33-/m0/s1. The van der Waals surface area contributed by atoms with Crippen molar-refractivity contribution in [3.63, 3.8) is 0 Å². The van der Waals surface area contributed by atoms with Crippen molar-refractivity contribution in [3.8, 4) is 11.1 Å². The van der Waals surface area contributed by atoms with Crippen LogP contribution in [0.15, 0.2) is 42.5 Å². The maximum absolute atomic E-state index is 15.7. The maximum atomic E-state index is 15.7. The number of methoxy groups -OCH3 is 1. The second kappa shape index (κ2) is 16.2. The third-order valence-electron chi connectivity index (χ3n) is 9.54. The number of rotatable bonds is 15. The Morgan fingerprint density at radius 3 is 2.28 bits per heavy atom. The molecule has 0 aliphatic carbocycles. The molecule has 0 saturated carbocycles. The number of carbonyl (C=O) groups excluding carboxylic acids is 2. The summed E-state index contributed by atoms with van der Waals surface area (Å²) >= 11 is 0. The van der Waals surface area contributed by atoms with Gasteiger partial charge in [0.1, 0.15) is 23.4 Å². The number of ether oxygens (including phenoxy) is 1. The summed E-state index contributed by atoms with van der Waals surface area (Å²) in [5.74, 6) is -3.50. The number of carbonyl (C=O) groups is 3. The van der Waals surface area contributed by atoms with E-state index in [0.29, 0.717) is 28.7 Å². The lowest BCUT2D eigenvalue weighted by Gasteiger charge is -2.48. The molecule has 2 heterocycles. The van der Waals surface area contributed by atoms with E-state index in [4.69, 9.17) is 4.74 Å². The summed E-state index contributed by atoms with van der Waals surface area (Å²) in [6.45, 7) is 14.9. The van der Waals surface area contributed by atoms with E-state index < -0.39 is 47.9 Å². The van der Waals surface area contributed by atoms with Gasteiger partial charge < -0.3 is 20.5 Å². The molecule has 1 fully saturated rings.